The molecule has 2 N–H and O–H groups in total. The highest BCUT2D eigenvalue weighted by molar-refractivity contribution is 5.95. The fourth-order valence-corrected chi connectivity index (χ4v) is 1.69. The molecule has 21 heavy (non-hydrogen) atoms. The van der Waals surface area contributed by atoms with Crippen molar-refractivity contribution in [2.45, 2.75) is 6.42 Å². The number of carbonyl (C=O) groups excluding carboxylic acids is 1. The first-order valence-corrected chi connectivity index (χ1v) is 5.88. The second-order valence-electron chi connectivity index (χ2n) is 3.99. The lowest BCUT2D eigenvalue weighted by molar-refractivity contribution is -0.139. The van der Waals surface area contributed by atoms with Crippen LogP contribution in [0.15, 0.2) is 18.2 Å². The quantitative estimate of drug-likeness (QED) is 0.605. The zero-order valence-electron chi connectivity index (χ0n) is 11.9. The number of benzene rings is 1. The van der Waals surface area contributed by atoms with Crippen LogP contribution in [0.3, 0.4) is 0 Å². The average molecular weight is 296 g/mol. The maximum absolute atomic E-state index is 11.4. The van der Waals surface area contributed by atoms with Crippen LogP contribution in [0.25, 0.3) is 5.57 Å². The summed E-state index contributed by atoms with van der Waals surface area (Å²) in [7, 11) is 3.90. The summed E-state index contributed by atoms with van der Waals surface area (Å²) >= 11 is 0. The van der Waals surface area contributed by atoms with Gasteiger partial charge in [-0.3, -0.25) is 4.79 Å². The highest BCUT2D eigenvalue weighted by Gasteiger charge is 2.16. The molecule has 0 saturated heterocycles. The Labute approximate surface area is 121 Å². The number of esters is 1. The average Bonchev–Trinajstić information content (AvgIpc) is 2.46. The number of ether oxygens (including phenoxy) is 3. The molecule has 0 saturated carbocycles. The molecule has 0 fully saturated rings. The van der Waals surface area contributed by atoms with E-state index in [1.165, 1.54) is 33.5 Å². The van der Waals surface area contributed by atoms with E-state index in [9.17, 15) is 14.7 Å². The third kappa shape index (κ3) is 4.13. The number of phenolic OH excluding ortho intramolecular Hbond substituents is 1. The number of aliphatic carboxylic acids is 1. The van der Waals surface area contributed by atoms with E-state index in [1.54, 1.807) is 0 Å². The van der Waals surface area contributed by atoms with Gasteiger partial charge in [0.25, 0.3) is 0 Å². The molecule has 0 aliphatic heterocycles. The van der Waals surface area contributed by atoms with Gasteiger partial charge in [0.15, 0.2) is 11.5 Å². The van der Waals surface area contributed by atoms with Gasteiger partial charge >= 0.3 is 11.9 Å². The van der Waals surface area contributed by atoms with E-state index in [0.29, 0.717) is 5.56 Å². The summed E-state index contributed by atoms with van der Waals surface area (Å²) in [4.78, 5) is 22.3. The molecule has 0 radical (unpaired) electrons. The number of aromatic hydroxyl groups is 1. The highest BCUT2D eigenvalue weighted by Crippen LogP contribution is 2.39. The zero-order valence-corrected chi connectivity index (χ0v) is 11.9. The van der Waals surface area contributed by atoms with E-state index in [1.807, 2.05) is 0 Å². The Hall–Kier alpha value is -2.70. The zero-order chi connectivity index (χ0) is 16.0. The maximum atomic E-state index is 11.4. The molecule has 0 heterocycles. The minimum Gasteiger partial charge on any atom is -0.502 e. The largest absolute Gasteiger partial charge is 0.502 e. The van der Waals surface area contributed by atoms with Crippen LogP contribution in [-0.4, -0.2) is 43.5 Å². The topological polar surface area (TPSA) is 102 Å². The molecular weight excluding hydrogens is 280 g/mol. The second-order valence-corrected chi connectivity index (χ2v) is 3.99. The molecule has 0 aliphatic rings. The Balaban J connectivity index is 3.37. The number of hydrogen-bond acceptors (Lipinski definition) is 6. The minimum absolute atomic E-state index is 0.102. The fourth-order valence-electron chi connectivity index (χ4n) is 1.69. The van der Waals surface area contributed by atoms with Gasteiger partial charge in [0.2, 0.25) is 5.75 Å². The van der Waals surface area contributed by atoms with Crippen molar-refractivity contribution in [1.29, 1.82) is 0 Å². The summed E-state index contributed by atoms with van der Waals surface area (Å²) < 4.78 is 14.5. The first kappa shape index (κ1) is 16.4. The SMILES string of the molecule is COC(=O)CC(=CC(=O)O)c1cc(OC)c(O)c(OC)c1. The lowest BCUT2D eigenvalue weighted by Crippen LogP contribution is -2.04. The van der Waals surface area contributed by atoms with Gasteiger partial charge in [0, 0.05) is 6.08 Å². The van der Waals surface area contributed by atoms with Crippen LogP contribution in [0.4, 0.5) is 0 Å². The van der Waals surface area contributed by atoms with Crippen molar-refractivity contribution in [1.82, 2.24) is 0 Å². The summed E-state index contributed by atoms with van der Waals surface area (Å²) in [5.41, 5.74) is 0.570. The van der Waals surface area contributed by atoms with Gasteiger partial charge in [-0.05, 0) is 23.3 Å². The van der Waals surface area contributed by atoms with Crippen LogP contribution in [0.1, 0.15) is 12.0 Å². The van der Waals surface area contributed by atoms with E-state index in [4.69, 9.17) is 14.6 Å². The van der Waals surface area contributed by atoms with Crippen molar-refractivity contribution in [3.05, 3.63) is 23.8 Å². The van der Waals surface area contributed by atoms with Crippen LogP contribution >= 0.6 is 0 Å². The van der Waals surface area contributed by atoms with Crippen molar-refractivity contribution in [2.24, 2.45) is 0 Å². The predicted octanol–water partition coefficient (Wildman–Crippen LogP) is 1.44. The van der Waals surface area contributed by atoms with Gasteiger partial charge in [-0.1, -0.05) is 0 Å². The number of phenols is 1. The Bertz CT molecular complexity index is 550. The number of rotatable bonds is 6. The van der Waals surface area contributed by atoms with Crippen LogP contribution in [0, 0.1) is 0 Å². The van der Waals surface area contributed by atoms with Crippen molar-refractivity contribution < 1.29 is 34.0 Å². The molecule has 1 aromatic rings. The summed E-state index contributed by atoms with van der Waals surface area (Å²) in [5.74, 6) is -1.80. The molecule has 0 amide bonds. The molecule has 0 aliphatic carbocycles. The molecule has 0 unspecified atom stereocenters. The molecule has 7 nitrogen and oxygen atoms in total. The van der Waals surface area contributed by atoms with Crippen LogP contribution in [-0.2, 0) is 14.3 Å². The lowest BCUT2D eigenvalue weighted by atomic mass is 10.0. The van der Waals surface area contributed by atoms with E-state index < -0.39 is 11.9 Å². The number of carboxylic acid groups (broad SMARTS) is 1. The van der Waals surface area contributed by atoms with Crippen LogP contribution < -0.4 is 9.47 Å². The fraction of sp³-hybridized carbons (Fsp3) is 0.286. The van der Waals surface area contributed by atoms with E-state index in [0.717, 1.165) is 6.08 Å². The molecule has 1 rings (SSSR count). The van der Waals surface area contributed by atoms with Crippen molar-refractivity contribution in [2.75, 3.05) is 21.3 Å². The van der Waals surface area contributed by atoms with E-state index in [-0.39, 0.29) is 29.2 Å². The smallest absolute Gasteiger partial charge is 0.328 e. The first-order valence-electron chi connectivity index (χ1n) is 5.88. The van der Waals surface area contributed by atoms with Crippen molar-refractivity contribution in [3.8, 4) is 17.2 Å². The van der Waals surface area contributed by atoms with Gasteiger partial charge in [-0.25, -0.2) is 4.79 Å². The summed E-state index contributed by atoms with van der Waals surface area (Å²) in [6.07, 6.45) is 0.655. The number of carboxylic acids is 1. The molecule has 0 aromatic heterocycles. The highest BCUT2D eigenvalue weighted by atomic mass is 16.5. The van der Waals surface area contributed by atoms with Crippen LogP contribution in [0.5, 0.6) is 17.2 Å². The minimum atomic E-state index is -1.21. The molecule has 1 aromatic carbocycles. The van der Waals surface area contributed by atoms with Gasteiger partial charge < -0.3 is 24.4 Å². The number of carbonyl (C=O) groups is 2. The first-order chi connectivity index (χ1) is 9.92. The molecule has 0 spiro atoms. The summed E-state index contributed by atoms with van der Waals surface area (Å²) in [5, 5.41) is 18.7. The molecule has 0 atom stereocenters. The number of methoxy groups -OCH3 is 3. The molecule has 114 valence electrons. The monoisotopic (exact) mass is 296 g/mol. The Morgan fingerprint density at radius 2 is 1.67 bits per heavy atom. The molecule has 7 heteroatoms. The lowest BCUT2D eigenvalue weighted by Gasteiger charge is -2.13. The van der Waals surface area contributed by atoms with Gasteiger partial charge in [-0.15, -0.1) is 0 Å². The summed E-state index contributed by atoms with van der Waals surface area (Å²) in [6, 6.07) is 2.82. The van der Waals surface area contributed by atoms with Gasteiger partial charge in [0.1, 0.15) is 0 Å². The third-order valence-corrected chi connectivity index (χ3v) is 2.71. The third-order valence-electron chi connectivity index (χ3n) is 2.71. The Morgan fingerprint density at radius 1 is 1.14 bits per heavy atom. The summed E-state index contributed by atoms with van der Waals surface area (Å²) in [6.45, 7) is 0. The van der Waals surface area contributed by atoms with Crippen molar-refractivity contribution >= 4 is 17.5 Å². The van der Waals surface area contributed by atoms with Crippen molar-refractivity contribution in [3.63, 3.8) is 0 Å². The second kappa shape index (κ2) is 7.18. The van der Waals surface area contributed by atoms with Crippen LogP contribution in [0.2, 0.25) is 0 Å². The van der Waals surface area contributed by atoms with Gasteiger partial charge in [0.05, 0.1) is 27.8 Å². The standard InChI is InChI=1S/C14H16O7/c1-19-10-4-8(5-11(20-2)14(10)18)9(6-12(15)16)7-13(17)21-3/h4-6,18H,7H2,1-3H3,(H,15,16). The normalized spacial score (nSPS) is 10.9. The Kier molecular flexibility index (Phi) is 5.59. The maximum Gasteiger partial charge on any atom is 0.328 e. The predicted molar refractivity (Wildman–Crippen MR) is 73.5 cm³/mol. The van der Waals surface area contributed by atoms with E-state index in [2.05, 4.69) is 4.74 Å². The van der Waals surface area contributed by atoms with E-state index >= 15 is 0 Å². The Morgan fingerprint density at radius 3 is 2.05 bits per heavy atom. The number of hydrogen-bond donors (Lipinski definition) is 2. The molecule has 0 bridgehead atoms. The van der Waals surface area contributed by atoms with Gasteiger partial charge in [-0.2, -0.15) is 0 Å². The molecular formula is C14H16O7.